The maximum atomic E-state index is 12.3. The molecule has 5 heteroatoms. The highest BCUT2D eigenvalue weighted by molar-refractivity contribution is 7.18. The maximum absolute atomic E-state index is 12.3. The predicted octanol–water partition coefficient (Wildman–Crippen LogP) is 4.50. The number of amides is 1. The zero-order chi connectivity index (χ0) is 19.9. The van der Waals surface area contributed by atoms with Gasteiger partial charge in [0.25, 0.3) is 0 Å². The number of benzene rings is 2. The summed E-state index contributed by atoms with van der Waals surface area (Å²) in [5, 5.41) is 7.48. The molecular weight excluding hydrogens is 366 g/mol. The van der Waals surface area contributed by atoms with Gasteiger partial charge >= 0.3 is 0 Å². The third-order valence-corrected chi connectivity index (χ3v) is 5.99. The summed E-state index contributed by atoms with van der Waals surface area (Å²) in [5.41, 5.74) is 3.60. The third kappa shape index (κ3) is 5.40. The molecular formula is C23H29N3OS. The standard InChI is InChI=1S/C23H29N3OS/c1-4-17-9-11-18(12-10-17)23(16(2)3)25-15-21(27)24-14-13-22-26-19-7-5-6-8-20(19)28-22/h5-12,16,23,25H,4,13-15H2,1-3H3,(H,24,27). The minimum atomic E-state index is 0.0249. The Morgan fingerprint density at radius 2 is 1.86 bits per heavy atom. The Morgan fingerprint density at radius 1 is 1.11 bits per heavy atom. The number of para-hydroxylation sites is 1. The Kier molecular flexibility index (Phi) is 7.18. The van der Waals surface area contributed by atoms with Crippen LogP contribution in [-0.2, 0) is 17.6 Å². The van der Waals surface area contributed by atoms with Crippen LogP contribution in [0.15, 0.2) is 48.5 Å². The van der Waals surface area contributed by atoms with Crippen molar-refractivity contribution in [3.63, 3.8) is 0 Å². The zero-order valence-corrected chi connectivity index (χ0v) is 17.7. The smallest absolute Gasteiger partial charge is 0.233 e. The molecule has 28 heavy (non-hydrogen) atoms. The quantitative estimate of drug-likeness (QED) is 0.561. The number of nitrogens with one attached hydrogen (secondary N) is 2. The fourth-order valence-corrected chi connectivity index (χ4v) is 4.27. The van der Waals surface area contributed by atoms with Crippen molar-refractivity contribution in [3.05, 3.63) is 64.7 Å². The van der Waals surface area contributed by atoms with Crippen molar-refractivity contribution in [2.45, 2.75) is 39.7 Å². The van der Waals surface area contributed by atoms with E-state index in [1.807, 2.05) is 18.2 Å². The minimum Gasteiger partial charge on any atom is -0.355 e. The molecule has 1 heterocycles. The molecule has 0 aliphatic rings. The van der Waals surface area contributed by atoms with E-state index in [0.29, 0.717) is 19.0 Å². The number of aromatic nitrogens is 1. The number of carbonyl (C=O) groups is 1. The SMILES string of the molecule is CCc1ccc(C(NCC(=O)NCCc2nc3ccccc3s2)C(C)C)cc1. The van der Waals surface area contributed by atoms with Gasteiger partial charge in [-0.3, -0.25) is 4.79 Å². The van der Waals surface area contributed by atoms with Gasteiger partial charge in [0.1, 0.15) is 0 Å². The van der Waals surface area contributed by atoms with E-state index in [0.717, 1.165) is 23.4 Å². The van der Waals surface area contributed by atoms with Crippen molar-refractivity contribution in [3.8, 4) is 0 Å². The van der Waals surface area contributed by atoms with Gasteiger partial charge in [0.15, 0.2) is 0 Å². The fourth-order valence-electron chi connectivity index (χ4n) is 3.30. The molecule has 0 bridgehead atoms. The van der Waals surface area contributed by atoms with Gasteiger partial charge in [0.05, 0.1) is 21.8 Å². The summed E-state index contributed by atoms with van der Waals surface area (Å²) in [6, 6.07) is 17.0. The van der Waals surface area contributed by atoms with Gasteiger partial charge in [-0.25, -0.2) is 4.98 Å². The molecule has 2 aromatic carbocycles. The van der Waals surface area contributed by atoms with Crippen molar-refractivity contribution in [1.29, 1.82) is 0 Å². The Balaban J connectivity index is 1.47. The Labute approximate surface area is 171 Å². The third-order valence-electron chi connectivity index (χ3n) is 4.90. The van der Waals surface area contributed by atoms with Crippen LogP contribution in [0.25, 0.3) is 10.2 Å². The first-order chi connectivity index (χ1) is 13.6. The highest BCUT2D eigenvalue weighted by Crippen LogP contribution is 2.22. The normalized spacial score (nSPS) is 12.4. The highest BCUT2D eigenvalue weighted by atomic mass is 32.1. The van der Waals surface area contributed by atoms with Gasteiger partial charge in [-0.15, -0.1) is 11.3 Å². The van der Waals surface area contributed by atoms with E-state index in [9.17, 15) is 4.79 Å². The molecule has 4 nitrogen and oxygen atoms in total. The molecule has 0 fully saturated rings. The number of hydrogen-bond acceptors (Lipinski definition) is 4. The maximum Gasteiger partial charge on any atom is 0.233 e. The van der Waals surface area contributed by atoms with Gasteiger partial charge in [0.2, 0.25) is 5.91 Å². The summed E-state index contributed by atoms with van der Waals surface area (Å²) in [6.07, 6.45) is 1.80. The summed E-state index contributed by atoms with van der Waals surface area (Å²) in [4.78, 5) is 16.9. The van der Waals surface area contributed by atoms with Crippen molar-refractivity contribution in [2.75, 3.05) is 13.1 Å². The van der Waals surface area contributed by atoms with Crippen molar-refractivity contribution in [1.82, 2.24) is 15.6 Å². The van der Waals surface area contributed by atoms with Crippen LogP contribution in [0.4, 0.5) is 0 Å². The van der Waals surface area contributed by atoms with E-state index >= 15 is 0 Å². The Bertz CT molecular complexity index is 869. The molecule has 0 radical (unpaired) electrons. The first-order valence-corrected chi connectivity index (χ1v) is 10.8. The van der Waals surface area contributed by atoms with Crippen LogP contribution in [0, 0.1) is 5.92 Å². The first kappa shape index (κ1) is 20.5. The van der Waals surface area contributed by atoms with E-state index < -0.39 is 0 Å². The number of carbonyl (C=O) groups excluding carboxylic acids is 1. The number of fused-ring (bicyclic) bond motifs is 1. The largest absolute Gasteiger partial charge is 0.355 e. The zero-order valence-electron chi connectivity index (χ0n) is 16.9. The summed E-state index contributed by atoms with van der Waals surface area (Å²) >= 11 is 1.69. The van der Waals surface area contributed by atoms with E-state index in [2.05, 4.69) is 66.7 Å². The first-order valence-electron chi connectivity index (χ1n) is 10.00. The predicted molar refractivity (Wildman–Crippen MR) is 118 cm³/mol. The fraction of sp³-hybridized carbons (Fsp3) is 0.391. The topological polar surface area (TPSA) is 54.0 Å². The van der Waals surface area contributed by atoms with Gasteiger partial charge in [-0.2, -0.15) is 0 Å². The second-order valence-corrected chi connectivity index (χ2v) is 8.49. The van der Waals surface area contributed by atoms with E-state index in [-0.39, 0.29) is 11.9 Å². The van der Waals surface area contributed by atoms with Gasteiger partial charge < -0.3 is 10.6 Å². The Hall–Kier alpha value is -2.24. The lowest BCUT2D eigenvalue weighted by molar-refractivity contribution is -0.120. The molecule has 0 saturated carbocycles. The second-order valence-electron chi connectivity index (χ2n) is 7.37. The van der Waals surface area contributed by atoms with Crippen molar-refractivity contribution < 1.29 is 4.79 Å². The van der Waals surface area contributed by atoms with Crippen molar-refractivity contribution in [2.24, 2.45) is 5.92 Å². The van der Waals surface area contributed by atoms with Gasteiger partial charge in [-0.05, 0) is 35.6 Å². The van der Waals surface area contributed by atoms with Gasteiger partial charge in [0, 0.05) is 19.0 Å². The highest BCUT2D eigenvalue weighted by Gasteiger charge is 2.16. The average molecular weight is 396 g/mol. The molecule has 1 aromatic heterocycles. The average Bonchev–Trinajstić information content (AvgIpc) is 3.11. The van der Waals surface area contributed by atoms with Crippen LogP contribution >= 0.6 is 11.3 Å². The second kappa shape index (κ2) is 9.80. The van der Waals surface area contributed by atoms with Crippen LogP contribution in [0.3, 0.4) is 0 Å². The van der Waals surface area contributed by atoms with Crippen LogP contribution in [0.5, 0.6) is 0 Å². The van der Waals surface area contributed by atoms with Crippen LogP contribution < -0.4 is 10.6 Å². The number of hydrogen-bond donors (Lipinski definition) is 2. The molecule has 3 rings (SSSR count). The number of nitrogens with zero attached hydrogens (tertiary/aromatic N) is 1. The molecule has 0 aliphatic heterocycles. The molecule has 2 N–H and O–H groups in total. The molecule has 0 saturated heterocycles. The van der Waals surface area contributed by atoms with Crippen LogP contribution in [0.1, 0.15) is 42.9 Å². The van der Waals surface area contributed by atoms with Crippen molar-refractivity contribution >= 4 is 27.5 Å². The molecule has 3 aromatic rings. The van der Waals surface area contributed by atoms with Crippen LogP contribution in [0.2, 0.25) is 0 Å². The lowest BCUT2D eigenvalue weighted by Crippen LogP contribution is -2.38. The summed E-state index contributed by atoms with van der Waals surface area (Å²) < 4.78 is 1.19. The monoisotopic (exact) mass is 395 g/mol. The van der Waals surface area contributed by atoms with E-state index in [4.69, 9.17) is 0 Å². The van der Waals surface area contributed by atoms with Crippen LogP contribution in [-0.4, -0.2) is 24.0 Å². The summed E-state index contributed by atoms with van der Waals surface area (Å²) in [7, 11) is 0. The molecule has 148 valence electrons. The number of rotatable bonds is 9. The number of thiazole rings is 1. The van der Waals surface area contributed by atoms with E-state index in [1.165, 1.54) is 15.8 Å². The lowest BCUT2D eigenvalue weighted by Gasteiger charge is -2.23. The molecule has 0 aliphatic carbocycles. The van der Waals surface area contributed by atoms with Gasteiger partial charge in [-0.1, -0.05) is 57.2 Å². The molecule has 1 unspecified atom stereocenters. The molecule has 1 atom stereocenters. The summed E-state index contributed by atoms with van der Waals surface area (Å²) in [5.74, 6) is 0.431. The molecule has 0 spiro atoms. The Morgan fingerprint density at radius 3 is 2.54 bits per heavy atom. The van der Waals surface area contributed by atoms with E-state index in [1.54, 1.807) is 11.3 Å². The molecule has 1 amide bonds. The number of aryl methyl sites for hydroxylation is 1. The summed E-state index contributed by atoms with van der Waals surface area (Å²) in [6.45, 7) is 7.44. The minimum absolute atomic E-state index is 0.0249. The lowest BCUT2D eigenvalue weighted by atomic mass is 9.95.